The van der Waals surface area contributed by atoms with E-state index in [9.17, 15) is 0 Å². The van der Waals surface area contributed by atoms with E-state index in [0.717, 1.165) is 13.0 Å². The Morgan fingerprint density at radius 2 is 2.19 bits per heavy atom. The van der Waals surface area contributed by atoms with E-state index in [1.807, 2.05) is 0 Å². The zero-order valence-corrected chi connectivity index (χ0v) is 10.2. The fourth-order valence-corrected chi connectivity index (χ4v) is 2.80. The van der Waals surface area contributed by atoms with Gasteiger partial charge in [0.15, 0.2) is 0 Å². The molecule has 0 saturated heterocycles. The first-order valence-electron chi connectivity index (χ1n) is 6.11. The van der Waals surface area contributed by atoms with Gasteiger partial charge in [0.1, 0.15) is 0 Å². The lowest BCUT2D eigenvalue weighted by Crippen LogP contribution is -2.30. The molecule has 0 aromatic heterocycles. The van der Waals surface area contributed by atoms with Gasteiger partial charge in [-0.1, -0.05) is 24.3 Å². The van der Waals surface area contributed by atoms with E-state index < -0.39 is 0 Å². The van der Waals surface area contributed by atoms with Crippen LogP contribution in [0.15, 0.2) is 24.3 Å². The van der Waals surface area contributed by atoms with Crippen molar-refractivity contribution >= 4 is 0 Å². The molecule has 1 aromatic carbocycles. The zero-order chi connectivity index (χ0) is 11.4. The number of benzene rings is 1. The van der Waals surface area contributed by atoms with Crippen molar-refractivity contribution < 1.29 is 4.74 Å². The lowest BCUT2D eigenvalue weighted by Gasteiger charge is -2.33. The summed E-state index contributed by atoms with van der Waals surface area (Å²) < 4.78 is 5.20. The van der Waals surface area contributed by atoms with Crippen molar-refractivity contribution in [2.24, 2.45) is 5.92 Å². The van der Waals surface area contributed by atoms with Crippen molar-refractivity contribution in [3.63, 3.8) is 0 Å². The lowest BCUT2D eigenvalue weighted by atomic mass is 9.78. The summed E-state index contributed by atoms with van der Waals surface area (Å²) in [6.45, 7) is 0.866. The van der Waals surface area contributed by atoms with Gasteiger partial charge in [-0.3, -0.25) is 0 Å². The molecule has 0 amide bonds. The Morgan fingerprint density at radius 3 is 2.94 bits per heavy atom. The van der Waals surface area contributed by atoms with Crippen molar-refractivity contribution in [3.05, 3.63) is 35.4 Å². The predicted octanol–water partition coefficient (Wildman–Crippen LogP) is 2.55. The van der Waals surface area contributed by atoms with Crippen LogP contribution in [0.3, 0.4) is 0 Å². The third kappa shape index (κ3) is 2.28. The van der Waals surface area contributed by atoms with Gasteiger partial charge in [0.05, 0.1) is 0 Å². The maximum atomic E-state index is 5.20. The number of fused-ring (bicyclic) bond motifs is 1. The standard InChI is InChI=1S/C14H21NO/c1-15-14-12(9-10-16-2)8-7-11-5-3-4-6-13(11)14/h3-6,12,14-15H,7-10H2,1-2H3. The van der Waals surface area contributed by atoms with Gasteiger partial charge < -0.3 is 10.1 Å². The van der Waals surface area contributed by atoms with Gasteiger partial charge in [0, 0.05) is 19.8 Å². The molecule has 0 aliphatic heterocycles. The van der Waals surface area contributed by atoms with Crippen LogP contribution in [0.25, 0.3) is 0 Å². The van der Waals surface area contributed by atoms with Crippen LogP contribution in [-0.2, 0) is 11.2 Å². The van der Waals surface area contributed by atoms with Crippen molar-refractivity contribution in [1.82, 2.24) is 5.32 Å². The molecule has 1 aliphatic rings. The van der Waals surface area contributed by atoms with E-state index in [-0.39, 0.29) is 0 Å². The first kappa shape index (κ1) is 11.6. The third-order valence-electron chi connectivity index (χ3n) is 3.65. The normalized spacial score (nSPS) is 24.1. The summed E-state index contributed by atoms with van der Waals surface area (Å²) in [4.78, 5) is 0. The van der Waals surface area contributed by atoms with E-state index in [1.54, 1.807) is 7.11 Å². The average molecular weight is 219 g/mol. The molecule has 16 heavy (non-hydrogen) atoms. The molecule has 0 saturated carbocycles. The minimum absolute atomic E-state index is 0.500. The summed E-state index contributed by atoms with van der Waals surface area (Å²) in [6, 6.07) is 9.30. The van der Waals surface area contributed by atoms with Crippen LogP contribution in [-0.4, -0.2) is 20.8 Å². The van der Waals surface area contributed by atoms with Gasteiger partial charge in [0.2, 0.25) is 0 Å². The molecule has 0 fully saturated rings. The molecular formula is C14H21NO. The van der Waals surface area contributed by atoms with E-state index in [4.69, 9.17) is 4.74 Å². The molecule has 1 N–H and O–H groups in total. The smallest absolute Gasteiger partial charge is 0.0465 e. The Hall–Kier alpha value is -0.860. The molecule has 2 unspecified atom stereocenters. The van der Waals surface area contributed by atoms with Crippen LogP contribution >= 0.6 is 0 Å². The minimum atomic E-state index is 0.500. The van der Waals surface area contributed by atoms with Crippen LogP contribution in [0.1, 0.15) is 30.0 Å². The molecule has 1 aromatic rings. The SMILES string of the molecule is CNC1c2ccccc2CCC1CCOC. The van der Waals surface area contributed by atoms with E-state index in [0.29, 0.717) is 12.0 Å². The maximum Gasteiger partial charge on any atom is 0.0465 e. The molecule has 88 valence electrons. The molecule has 0 radical (unpaired) electrons. The summed E-state index contributed by atoms with van der Waals surface area (Å²) in [5.74, 6) is 0.708. The highest BCUT2D eigenvalue weighted by Gasteiger charge is 2.27. The summed E-state index contributed by atoms with van der Waals surface area (Å²) in [5, 5.41) is 3.46. The summed E-state index contributed by atoms with van der Waals surface area (Å²) >= 11 is 0. The van der Waals surface area contributed by atoms with E-state index >= 15 is 0 Å². The van der Waals surface area contributed by atoms with Gasteiger partial charge in [-0.25, -0.2) is 0 Å². The van der Waals surface area contributed by atoms with Crippen LogP contribution in [0.2, 0.25) is 0 Å². The van der Waals surface area contributed by atoms with Crippen LogP contribution in [0, 0.1) is 5.92 Å². The van der Waals surface area contributed by atoms with Crippen LogP contribution in [0.4, 0.5) is 0 Å². The highest BCUT2D eigenvalue weighted by atomic mass is 16.5. The monoisotopic (exact) mass is 219 g/mol. The molecule has 0 heterocycles. The van der Waals surface area contributed by atoms with Crippen molar-refractivity contribution in [2.75, 3.05) is 20.8 Å². The number of nitrogens with one attached hydrogen (secondary N) is 1. The molecule has 2 rings (SSSR count). The zero-order valence-electron chi connectivity index (χ0n) is 10.2. The largest absolute Gasteiger partial charge is 0.385 e. The summed E-state index contributed by atoms with van der Waals surface area (Å²) in [5.41, 5.74) is 2.99. The average Bonchev–Trinajstić information content (AvgIpc) is 2.35. The first-order valence-corrected chi connectivity index (χ1v) is 6.11. The molecule has 2 heteroatoms. The highest BCUT2D eigenvalue weighted by molar-refractivity contribution is 5.32. The van der Waals surface area contributed by atoms with Crippen molar-refractivity contribution in [2.45, 2.75) is 25.3 Å². The molecule has 1 aliphatic carbocycles. The predicted molar refractivity (Wildman–Crippen MR) is 66.5 cm³/mol. The van der Waals surface area contributed by atoms with Crippen molar-refractivity contribution in [3.8, 4) is 0 Å². The fourth-order valence-electron chi connectivity index (χ4n) is 2.80. The van der Waals surface area contributed by atoms with Gasteiger partial charge >= 0.3 is 0 Å². The number of hydrogen-bond donors (Lipinski definition) is 1. The maximum absolute atomic E-state index is 5.20. The van der Waals surface area contributed by atoms with Crippen LogP contribution in [0.5, 0.6) is 0 Å². The molecule has 0 spiro atoms. The Bertz CT molecular complexity index is 337. The number of methoxy groups -OCH3 is 1. The van der Waals surface area contributed by atoms with E-state index in [1.165, 1.54) is 24.0 Å². The number of ether oxygens (including phenoxy) is 1. The Morgan fingerprint density at radius 1 is 1.38 bits per heavy atom. The minimum Gasteiger partial charge on any atom is -0.385 e. The summed E-state index contributed by atoms with van der Waals surface area (Å²) in [7, 11) is 3.84. The number of rotatable bonds is 4. The molecule has 2 nitrogen and oxygen atoms in total. The Labute approximate surface area is 98.0 Å². The quantitative estimate of drug-likeness (QED) is 0.840. The summed E-state index contributed by atoms with van der Waals surface area (Å²) in [6.07, 6.45) is 3.63. The van der Waals surface area contributed by atoms with Crippen molar-refractivity contribution in [1.29, 1.82) is 0 Å². The molecular weight excluding hydrogens is 198 g/mol. The Balaban J connectivity index is 2.16. The fraction of sp³-hybridized carbons (Fsp3) is 0.571. The third-order valence-corrected chi connectivity index (χ3v) is 3.65. The van der Waals surface area contributed by atoms with Gasteiger partial charge in [0.25, 0.3) is 0 Å². The van der Waals surface area contributed by atoms with Gasteiger partial charge in [-0.2, -0.15) is 0 Å². The number of aryl methyl sites for hydroxylation is 1. The molecule has 2 atom stereocenters. The highest BCUT2D eigenvalue weighted by Crippen LogP contribution is 2.35. The van der Waals surface area contributed by atoms with Crippen LogP contribution < -0.4 is 5.32 Å². The van der Waals surface area contributed by atoms with E-state index in [2.05, 4.69) is 36.6 Å². The van der Waals surface area contributed by atoms with Gasteiger partial charge in [-0.15, -0.1) is 0 Å². The second-order valence-corrected chi connectivity index (χ2v) is 4.55. The Kier molecular flexibility index (Phi) is 3.97. The second kappa shape index (κ2) is 5.46. The van der Waals surface area contributed by atoms with Gasteiger partial charge in [-0.05, 0) is 43.4 Å². The first-order chi connectivity index (χ1) is 7.86. The topological polar surface area (TPSA) is 21.3 Å². The lowest BCUT2D eigenvalue weighted by molar-refractivity contribution is 0.161. The molecule has 0 bridgehead atoms. The number of hydrogen-bond acceptors (Lipinski definition) is 2. The second-order valence-electron chi connectivity index (χ2n) is 4.55.